The molecule has 0 saturated carbocycles. The number of nitrogens with zero attached hydrogens (tertiary/aromatic N) is 1. The van der Waals surface area contributed by atoms with E-state index in [1.165, 1.54) is 25.4 Å². The molecule has 0 amide bonds. The van der Waals surface area contributed by atoms with Gasteiger partial charge in [0.15, 0.2) is 0 Å². The van der Waals surface area contributed by atoms with Gasteiger partial charge in [-0.15, -0.1) is 0 Å². The molecule has 0 N–H and O–H groups in total. The van der Waals surface area contributed by atoms with Crippen molar-refractivity contribution in [3.05, 3.63) is 46.0 Å². The summed E-state index contributed by atoms with van der Waals surface area (Å²) in [7, 11) is 2.86. The van der Waals surface area contributed by atoms with Gasteiger partial charge in [0.2, 0.25) is 5.43 Å². The fourth-order valence-electron chi connectivity index (χ4n) is 1.72. The topological polar surface area (TPSA) is 48.3 Å². The van der Waals surface area contributed by atoms with Gasteiger partial charge in [-0.2, -0.15) is 0 Å². The summed E-state index contributed by atoms with van der Waals surface area (Å²) in [6, 6.07) is 3.87. The van der Waals surface area contributed by atoms with E-state index in [2.05, 4.69) is 4.74 Å². The van der Waals surface area contributed by atoms with Gasteiger partial charge >= 0.3 is 5.97 Å². The predicted octanol–water partition coefficient (Wildman–Crippen LogP) is 1.46. The molecular weight excluding hydrogens is 225 g/mol. The van der Waals surface area contributed by atoms with Crippen LogP contribution in [0.5, 0.6) is 0 Å². The van der Waals surface area contributed by atoms with Gasteiger partial charge in [-0.1, -0.05) is 0 Å². The van der Waals surface area contributed by atoms with E-state index in [-0.39, 0.29) is 10.9 Å². The van der Waals surface area contributed by atoms with E-state index in [1.807, 2.05) is 0 Å². The van der Waals surface area contributed by atoms with Gasteiger partial charge in [-0.05, 0) is 18.2 Å². The number of rotatable bonds is 1. The highest BCUT2D eigenvalue weighted by molar-refractivity contribution is 5.93. The van der Waals surface area contributed by atoms with Gasteiger partial charge in [0, 0.05) is 18.6 Å². The van der Waals surface area contributed by atoms with Crippen molar-refractivity contribution >= 4 is 16.9 Å². The Bertz CT molecular complexity index is 661. The molecule has 0 unspecified atom stereocenters. The maximum atomic E-state index is 13.1. The lowest BCUT2D eigenvalue weighted by molar-refractivity contribution is 0.0598. The number of benzene rings is 1. The van der Waals surface area contributed by atoms with E-state index in [4.69, 9.17) is 0 Å². The van der Waals surface area contributed by atoms with Crippen molar-refractivity contribution in [1.82, 2.24) is 4.57 Å². The first kappa shape index (κ1) is 11.3. The Balaban J connectivity index is 2.88. The highest BCUT2D eigenvalue weighted by Gasteiger charge is 2.14. The van der Waals surface area contributed by atoms with Crippen molar-refractivity contribution in [2.75, 3.05) is 7.11 Å². The van der Waals surface area contributed by atoms with E-state index in [0.29, 0.717) is 5.52 Å². The summed E-state index contributed by atoms with van der Waals surface area (Å²) < 4.78 is 19.2. The van der Waals surface area contributed by atoms with Crippen molar-refractivity contribution in [2.45, 2.75) is 0 Å². The summed E-state index contributed by atoms with van der Waals surface area (Å²) >= 11 is 0. The van der Waals surface area contributed by atoms with Crippen LogP contribution in [0.1, 0.15) is 10.4 Å². The number of esters is 1. The lowest BCUT2D eigenvalue weighted by Crippen LogP contribution is -2.19. The first-order chi connectivity index (χ1) is 8.04. The number of pyridine rings is 1. The zero-order valence-electron chi connectivity index (χ0n) is 9.36. The van der Waals surface area contributed by atoms with E-state index < -0.39 is 17.2 Å². The summed E-state index contributed by atoms with van der Waals surface area (Å²) in [6.45, 7) is 0. The molecule has 0 atom stereocenters. The van der Waals surface area contributed by atoms with Crippen molar-refractivity contribution < 1.29 is 13.9 Å². The molecule has 4 nitrogen and oxygen atoms in total. The van der Waals surface area contributed by atoms with Crippen LogP contribution in [0.2, 0.25) is 0 Å². The third-order valence-electron chi connectivity index (χ3n) is 2.56. The second-order valence-corrected chi connectivity index (χ2v) is 3.64. The number of halogens is 1. The minimum absolute atomic E-state index is 0.104. The molecule has 17 heavy (non-hydrogen) atoms. The maximum Gasteiger partial charge on any atom is 0.343 e. The van der Waals surface area contributed by atoms with Crippen molar-refractivity contribution in [2.24, 2.45) is 7.05 Å². The zero-order chi connectivity index (χ0) is 12.6. The Labute approximate surface area is 96.2 Å². The Morgan fingerprint density at radius 1 is 1.41 bits per heavy atom. The number of aryl methyl sites for hydroxylation is 1. The molecule has 1 aromatic heterocycles. The fraction of sp³-hybridized carbons (Fsp3) is 0.167. The number of carbonyl (C=O) groups excluding carboxylic acids is 1. The van der Waals surface area contributed by atoms with Crippen LogP contribution in [0.25, 0.3) is 10.9 Å². The predicted molar refractivity (Wildman–Crippen MR) is 60.5 cm³/mol. The Morgan fingerprint density at radius 3 is 2.76 bits per heavy atom. The fourth-order valence-corrected chi connectivity index (χ4v) is 1.72. The average molecular weight is 235 g/mol. The molecule has 1 heterocycles. The second kappa shape index (κ2) is 4.01. The minimum Gasteiger partial charge on any atom is -0.465 e. The van der Waals surface area contributed by atoms with Crippen molar-refractivity contribution in [1.29, 1.82) is 0 Å². The SMILES string of the molecule is COC(=O)c1cn(C)c2ccc(F)cc2c1=O. The number of ether oxygens (including phenoxy) is 1. The van der Waals surface area contributed by atoms with E-state index in [0.717, 1.165) is 6.07 Å². The number of methoxy groups -OCH3 is 1. The van der Waals surface area contributed by atoms with Crippen molar-refractivity contribution in [3.63, 3.8) is 0 Å². The number of fused-ring (bicyclic) bond motifs is 1. The van der Waals surface area contributed by atoms with E-state index in [9.17, 15) is 14.0 Å². The van der Waals surface area contributed by atoms with Crippen LogP contribution in [0.3, 0.4) is 0 Å². The largest absolute Gasteiger partial charge is 0.465 e. The molecule has 0 spiro atoms. The Hall–Kier alpha value is -2.17. The molecular formula is C12H10FNO3. The van der Waals surface area contributed by atoms with Crippen LogP contribution in [-0.4, -0.2) is 17.6 Å². The summed E-state index contributed by atoms with van der Waals surface area (Å²) in [6.07, 6.45) is 1.38. The lowest BCUT2D eigenvalue weighted by atomic mass is 10.1. The zero-order valence-corrected chi connectivity index (χ0v) is 9.36. The molecule has 0 aliphatic heterocycles. The first-order valence-electron chi connectivity index (χ1n) is 4.92. The number of carbonyl (C=O) groups is 1. The van der Waals surface area contributed by atoms with E-state index in [1.54, 1.807) is 11.6 Å². The molecule has 5 heteroatoms. The molecule has 0 radical (unpaired) electrons. The normalized spacial score (nSPS) is 10.5. The molecule has 0 fully saturated rings. The number of hydrogen-bond donors (Lipinski definition) is 0. The van der Waals surface area contributed by atoms with Crippen LogP contribution in [0, 0.1) is 5.82 Å². The van der Waals surface area contributed by atoms with Gasteiger partial charge in [0.1, 0.15) is 11.4 Å². The number of hydrogen-bond acceptors (Lipinski definition) is 3. The molecule has 2 aromatic rings. The van der Waals surface area contributed by atoms with E-state index >= 15 is 0 Å². The van der Waals surface area contributed by atoms with Gasteiger partial charge in [0.05, 0.1) is 12.6 Å². The summed E-state index contributed by atoms with van der Waals surface area (Å²) in [5.41, 5.74) is -0.0680. The Kier molecular flexibility index (Phi) is 2.67. The molecule has 2 rings (SSSR count). The van der Waals surface area contributed by atoms with Crippen LogP contribution >= 0.6 is 0 Å². The third kappa shape index (κ3) is 1.80. The molecule has 0 aliphatic rings. The summed E-state index contributed by atoms with van der Waals surface area (Å²) in [5, 5.41) is 0.162. The maximum absolute atomic E-state index is 13.1. The van der Waals surface area contributed by atoms with Gasteiger partial charge in [-0.3, -0.25) is 4.79 Å². The standard InChI is InChI=1S/C12H10FNO3/c1-14-6-9(12(16)17-2)11(15)8-5-7(13)3-4-10(8)14/h3-6H,1-2H3. The smallest absolute Gasteiger partial charge is 0.343 e. The minimum atomic E-state index is -0.725. The summed E-state index contributed by atoms with van der Waals surface area (Å²) in [5.74, 6) is -1.24. The molecule has 88 valence electrons. The highest BCUT2D eigenvalue weighted by atomic mass is 19.1. The molecule has 1 aromatic carbocycles. The van der Waals surface area contributed by atoms with Crippen LogP contribution in [0.15, 0.2) is 29.2 Å². The van der Waals surface area contributed by atoms with Gasteiger partial charge in [0.25, 0.3) is 0 Å². The molecule has 0 bridgehead atoms. The van der Waals surface area contributed by atoms with Crippen LogP contribution in [0.4, 0.5) is 4.39 Å². The highest BCUT2D eigenvalue weighted by Crippen LogP contribution is 2.12. The van der Waals surface area contributed by atoms with Crippen molar-refractivity contribution in [3.8, 4) is 0 Å². The van der Waals surface area contributed by atoms with Gasteiger partial charge in [-0.25, -0.2) is 9.18 Å². The molecule has 0 saturated heterocycles. The van der Waals surface area contributed by atoms with Crippen LogP contribution in [-0.2, 0) is 11.8 Å². The second-order valence-electron chi connectivity index (χ2n) is 3.64. The monoisotopic (exact) mass is 235 g/mol. The first-order valence-corrected chi connectivity index (χ1v) is 4.92. The van der Waals surface area contributed by atoms with Gasteiger partial charge < -0.3 is 9.30 Å². The quantitative estimate of drug-likeness (QED) is 0.703. The third-order valence-corrected chi connectivity index (χ3v) is 2.56. The molecule has 0 aliphatic carbocycles. The number of aromatic nitrogens is 1. The Morgan fingerprint density at radius 2 is 2.12 bits per heavy atom. The van der Waals surface area contributed by atoms with Crippen LogP contribution < -0.4 is 5.43 Å². The lowest BCUT2D eigenvalue weighted by Gasteiger charge is -2.07. The summed E-state index contributed by atoms with van der Waals surface area (Å²) in [4.78, 5) is 23.3. The average Bonchev–Trinajstić information content (AvgIpc) is 2.32.